The van der Waals surface area contributed by atoms with Gasteiger partial charge in [0.1, 0.15) is 6.61 Å². The Morgan fingerprint density at radius 3 is 2.30 bits per heavy atom. The van der Waals surface area contributed by atoms with Gasteiger partial charge in [0.15, 0.2) is 0 Å². The van der Waals surface area contributed by atoms with Crippen molar-refractivity contribution in [3.05, 3.63) is 0 Å². The minimum atomic E-state index is 0.134. The molecule has 1 saturated carbocycles. The first-order valence-electron chi connectivity index (χ1n) is 10.8. The van der Waals surface area contributed by atoms with Gasteiger partial charge < -0.3 is 14.5 Å². The molecule has 1 aliphatic carbocycles. The Hall–Kier alpha value is -1.14. The Labute approximate surface area is 164 Å². The van der Waals surface area contributed by atoms with E-state index >= 15 is 0 Å². The third-order valence-corrected chi connectivity index (χ3v) is 7.36. The molecule has 2 heterocycles. The van der Waals surface area contributed by atoms with Crippen molar-refractivity contribution in [1.29, 1.82) is 0 Å². The number of rotatable bonds is 5. The predicted molar refractivity (Wildman–Crippen MR) is 105 cm³/mol. The van der Waals surface area contributed by atoms with Crippen molar-refractivity contribution in [2.24, 2.45) is 5.41 Å². The summed E-state index contributed by atoms with van der Waals surface area (Å²) >= 11 is 0. The molecule has 0 aromatic rings. The summed E-state index contributed by atoms with van der Waals surface area (Å²) in [7, 11) is 1.59. The minimum Gasteiger partial charge on any atom is -0.375 e. The van der Waals surface area contributed by atoms with Crippen molar-refractivity contribution in [3.63, 3.8) is 0 Å². The highest BCUT2D eigenvalue weighted by Crippen LogP contribution is 2.46. The van der Waals surface area contributed by atoms with Gasteiger partial charge in [-0.3, -0.25) is 14.5 Å². The van der Waals surface area contributed by atoms with Crippen molar-refractivity contribution in [3.8, 4) is 0 Å². The van der Waals surface area contributed by atoms with Gasteiger partial charge >= 0.3 is 0 Å². The minimum absolute atomic E-state index is 0.134. The molecule has 0 aromatic heterocycles. The Balaban J connectivity index is 1.46. The zero-order valence-corrected chi connectivity index (χ0v) is 17.4. The number of piperidine rings is 1. The van der Waals surface area contributed by atoms with E-state index < -0.39 is 0 Å². The second kappa shape index (κ2) is 8.91. The number of ether oxygens (including phenoxy) is 1. The molecule has 154 valence electrons. The third-order valence-electron chi connectivity index (χ3n) is 7.36. The Kier molecular flexibility index (Phi) is 6.79. The lowest BCUT2D eigenvalue weighted by molar-refractivity contribution is -0.138. The van der Waals surface area contributed by atoms with E-state index in [2.05, 4.69) is 11.8 Å². The van der Waals surface area contributed by atoms with Crippen molar-refractivity contribution in [2.75, 3.05) is 46.4 Å². The molecule has 3 aliphatic rings. The van der Waals surface area contributed by atoms with Crippen LogP contribution in [0.1, 0.15) is 58.8 Å². The maximum absolute atomic E-state index is 12.0. The van der Waals surface area contributed by atoms with E-state index in [9.17, 15) is 9.59 Å². The van der Waals surface area contributed by atoms with E-state index in [1.54, 1.807) is 14.0 Å². The van der Waals surface area contributed by atoms with Crippen LogP contribution in [0.2, 0.25) is 0 Å². The number of hydrogen-bond donors (Lipinski definition) is 0. The number of carbonyl (C=O) groups is 2. The second-order valence-electron chi connectivity index (χ2n) is 8.79. The van der Waals surface area contributed by atoms with Gasteiger partial charge in [0.25, 0.3) is 0 Å². The summed E-state index contributed by atoms with van der Waals surface area (Å²) in [6, 6.07) is 1.08. The van der Waals surface area contributed by atoms with Crippen LogP contribution in [0.3, 0.4) is 0 Å². The summed E-state index contributed by atoms with van der Waals surface area (Å²) in [5.41, 5.74) is 0.453. The Bertz CT molecular complexity index is 521. The molecular weight excluding hydrogens is 342 g/mol. The van der Waals surface area contributed by atoms with Crippen LogP contribution in [0.4, 0.5) is 0 Å². The van der Waals surface area contributed by atoms with Crippen LogP contribution in [0.5, 0.6) is 0 Å². The van der Waals surface area contributed by atoms with Crippen molar-refractivity contribution in [1.82, 2.24) is 14.7 Å². The maximum atomic E-state index is 12.0. The number of likely N-dealkylation sites (tertiary alicyclic amines) is 2. The summed E-state index contributed by atoms with van der Waals surface area (Å²) in [4.78, 5) is 30.5. The summed E-state index contributed by atoms with van der Waals surface area (Å²) < 4.78 is 4.99. The zero-order valence-electron chi connectivity index (χ0n) is 17.4. The Morgan fingerprint density at radius 1 is 1.07 bits per heavy atom. The van der Waals surface area contributed by atoms with Crippen LogP contribution in [-0.2, 0) is 14.3 Å². The molecule has 1 atom stereocenters. The molecule has 3 fully saturated rings. The number of hydrogen-bond acceptors (Lipinski definition) is 4. The van der Waals surface area contributed by atoms with Gasteiger partial charge in [-0.15, -0.1) is 0 Å². The average molecular weight is 380 g/mol. The lowest BCUT2D eigenvalue weighted by atomic mass is 9.66. The fourth-order valence-corrected chi connectivity index (χ4v) is 5.62. The zero-order chi connectivity index (χ0) is 19.4. The highest BCUT2D eigenvalue weighted by Gasteiger charge is 2.41. The van der Waals surface area contributed by atoms with Crippen LogP contribution < -0.4 is 0 Å². The second-order valence-corrected chi connectivity index (χ2v) is 8.79. The van der Waals surface area contributed by atoms with Gasteiger partial charge in [0.05, 0.1) is 0 Å². The first-order valence-corrected chi connectivity index (χ1v) is 10.8. The molecular formula is C21H37N3O3. The van der Waals surface area contributed by atoms with Crippen LogP contribution in [0.25, 0.3) is 0 Å². The SMILES string of the molecule is CCN(C(C)=O)C1CCN(C2CCC3(CC2)CCN(C(=O)COC)CC3)C1. The standard InChI is InChI=1S/C21H37N3O3/c1-4-24(17(2)25)19-7-12-23(15-19)18-5-8-21(9-6-18)10-13-22(14-11-21)20(26)16-27-3/h18-19H,4-16H2,1-3H3. The summed E-state index contributed by atoms with van der Waals surface area (Å²) in [5, 5.41) is 0. The van der Waals surface area contributed by atoms with Crippen molar-refractivity contribution < 1.29 is 14.3 Å². The monoisotopic (exact) mass is 379 g/mol. The quantitative estimate of drug-likeness (QED) is 0.734. The number of methoxy groups -OCH3 is 1. The van der Waals surface area contributed by atoms with Gasteiger partial charge in [0.2, 0.25) is 11.8 Å². The van der Waals surface area contributed by atoms with Crippen LogP contribution in [0, 0.1) is 5.41 Å². The van der Waals surface area contributed by atoms with Gasteiger partial charge in [-0.2, -0.15) is 0 Å². The number of amides is 2. The normalized spacial score (nSPS) is 26.5. The molecule has 3 rings (SSSR count). The summed E-state index contributed by atoms with van der Waals surface area (Å²) in [6.07, 6.45) is 8.52. The molecule has 0 radical (unpaired) electrons. The van der Waals surface area contributed by atoms with Crippen LogP contribution in [-0.4, -0.2) is 85.0 Å². The maximum Gasteiger partial charge on any atom is 0.248 e. The number of likely N-dealkylation sites (N-methyl/N-ethyl adjacent to an activating group) is 1. The molecule has 0 bridgehead atoms. The number of nitrogens with zero attached hydrogens (tertiary/aromatic N) is 3. The fourth-order valence-electron chi connectivity index (χ4n) is 5.62. The Morgan fingerprint density at radius 2 is 1.74 bits per heavy atom. The smallest absolute Gasteiger partial charge is 0.248 e. The molecule has 2 amide bonds. The molecule has 27 heavy (non-hydrogen) atoms. The highest BCUT2D eigenvalue weighted by molar-refractivity contribution is 5.77. The van der Waals surface area contributed by atoms with Crippen LogP contribution >= 0.6 is 0 Å². The lowest BCUT2D eigenvalue weighted by Crippen LogP contribution is -2.48. The van der Waals surface area contributed by atoms with Crippen molar-refractivity contribution >= 4 is 11.8 Å². The van der Waals surface area contributed by atoms with E-state index in [1.165, 1.54) is 25.7 Å². The van der Waals surface area contributed by atoms with Crippen LogP contribution in [0.15, 0.2) is 0 Å². The first-order chi connectivity index (χ1) is 13.0. The van der Waals surface area contributed by atoms with E-state index in [4.69, 9.17) is 4.74 Å². The third kappa shape index (κ3) is 4.65. The van der Waals surface area contributed by atoms with Gasteiger partial charge in [0, 0.05) is 58.8 Å². The molecule has 2 aliphatic heterocycles. The lowest BCUT2D eigenvalue weighted by Gasteiger charge is -2.47. The molecule has 2 saturated heterocycles. The van der Waals surface area contributed by atoms with Gasteiger partial charge in [-0.1, -0.05) is 0 Å². The number of carbonyl (C=O) groups excluding carboxylic acids is 2. The van der Waals surface area contributed by atoms with E-state index in [1.807, 2.05) is 9.80 Å². The fraction of sp³-hybridized carbons (Fsp3) is 0.905. The summed E-state index contributed by atoms with van der Waals surface area (Å²) in [5.74, 6) is 0.344. The average Bonchev–Trinajstić information content (AvgIpc) is 3.13. The van der Waals surface area contributed by atoms with E-state index in [0.29, 0.717) is 17.5 Å². The largest absolute Gasteiger partial charge is 0.375 e. The molecule has 6 heteroatoms. The molecule has 1 spiro atoms. The molecule has 0 N–H and O–H groups in total. The van der Waals surface area contributed by atoms with E-state index in [-0.39, 0.29) is 18.4 Å². The predicted octanol–water partition coefficient (Wildman–Crippen LogP) is 2.13. The van der Waals surface area contributed by atoms with E-state index in [0.717, 1.165) is 52.0 Å². The molecule has 6 nitrogen and oxygen atoms in total. The van der Waals surface area contributed by atoms with Gasteiger partial charge in [-0.05, 0) is 57.3 Å². The molecule has 0 aromatic carbocycles. The van der Waals surface area contributed by atoms with Gasteiger partial charge in [-0.25, -0.2) is 0 Å². The first kappa shape index (κ1) is 20.6. The summed E-state index contributed by atoms with van der Waals surface area (Å²) in [6.45, 7) is 8.76. The topological polar surface area (TPSA) is 53.1 Å². The molecule has 1 unspecified atom stereocenters. The highest BCUT2D eigenvalue weighted by atomic mass is 16.5. The van der Waals surface area contributed by atoms with Crippen molar-refractivity contribution in [2.45, 2.75) is 70.9 Å².